The molecule has 2 unspecified atom stereocenters. The zero-order valence-electron chi connectivity index (χ0n) is 18.1. The Morgan fingerprint density at radius 1 is 1.35 bits per heavy atom. The van der Waals surface area contributed by atoms with Gasteiger partial charge in [-0.1, -0.05) is 18.6 Å². The highest BCUT2D eigenvalue weighted by molar-refractivity contribution is 8.01. The molecule has 1 aromatic carbocycles. The third kappa shape index (κ3) is 4.63. The number of benzene rings is 1. The molecule has 2 aliphatic heterocycles. The highest BCUT2D eigenvalue weighted by Gasteiger charge is 2.53. The molecule has 0 saturated carbocycles. The van der Waals surface area contributed by atoms with Crippen LogP contribution in [0, 0.1) is 5.82 Å². The molecule has 4 rings (SSSR count). The van der Waals surface area contributed by atoms with Gasteiger partial charge in [0.1, 0.15) is 11.9 Å². The van der Waals surface area contributed by atoms with Gasteiger partial charge < -0.3 is 9.80 Å². The van der Waals surface area contributed by atoms with Crippen LogP contribution in [0.1, 0.15) is 44.7 Å². The molecule has 1 aromatic heterocycles. The summed E-state index contributed by atoms with van der Waals surface area (Å²) in [5, 5.41) is 7.31. The Balaban J connectivity index is 1.20. The van der Waals surface area contributed by atoms with Crippen LogP contribution in [0.25, 0.3) is 11.3 Å². The molecular formula is C23H29FN4O2S. The third-order valence-electron chi connectivity index (χ3n) is 6.30. The first-order valence-electron chi connectivity index (χ1n) is 10.9. The average molecular weight is 445 g/mol. The number of hydrogen-bond donors (Lipinski definition) is 1. The van der Waals surface area contributed by atoms with Gasteiger partial charge in [0.2, 0.25) is 11.8 Å². The summed E-state index contributed by atoms with van der Waals surface area (Å²) in [5.41, 5.74) is 2.54. The number of aromatic amines is 1. The van der Waals surface area contributed by atoms with E-state index in [0.29, 0.717) is 18.7 Å². The Bertz CT molecular complexity index is 965. The average Bonchev–Trinajstić information content (AvgIpc) is 3.43. The summed E-state index contributed by atoms with van der Waals surface area (Å²) in [5.74, 6) is 0.589. The summed E-state index contributed by atoms with van der Waals surface area (Å²) < 4.78 is 13.4. The molecule has 2 aliphatic rings. The van der Waals surface area contributed by atoms with E-state index in [0.717, 1.165) is 49.1 Å². The lowest BCUT2D eigenvalue weighted by Crippen LogP contribution is -2.50. The second-order valence-electron chi connectivity index (χ2n) is 8.62. The first-order chi connectivity index (χ1) is 14.9. The number of fused-ring (bicyclic) bond motifs is 1. The maximum Gasteiger partial charge on any atom is 0.246 e. The van der Waals surface area contributed by atoms with Gasteiger partial charge in [0.05, 0.1) is 10.6 Å². The standard InChI is InChI=1S/C23H29FN4O2S/c1-23-11-10-21(29)28(23)20(15-31-23)22(30)27(2)12-5-3-4-9-18-14-19(26-25-18)16-7-6-8-17(24)13-16/h6-8,13-14,20H,3-5,9-12,15H2,1-2H3,(H,25,26). The molecule has 2 aromatic rings. The van der Waals surface area contributed by atoms with Crippen LogP contribution >= 0.6 is 11.8 Å². The number of halogens is 1. The van der Waals surface area contributed by atoms with E-state index in [4.69, 9.17) is 0 Å². The normalized spacial score (nSPS) is 22.7. The summed E-state index contributed by atoms with van der Waals surface area (Å²) in [6.45, 7) is 2.77. The van der Waals surface area contributed by atoms with Crippen molar-refractivity contribution in [3.63, 3.8) is 0 Å². The van der Waals surface area contributed by atoms with E-state index in [9.17, 15) is 14.0 Å². The SMILES string of the molecule is CN(CCCCCc1cc(-c2cccc(F)c2)n[nH]1)C(=O)C1CSC2(C)CCC(=O)N12. The second-order valence-corrected chi connectivity index (χ2v) is 10.1. The maximum absolute atomic E-state index is 13.4. The van der Waals surface area contributed by atoms with Gasteiger partial charge >= 0.3 is 0 Å². The van der Waals surface area contributed by atoms with Crippen LogP contribution in [0.5, 0.6) is 0 Å². The molecule has 0 bridgehead atoms. The van der Waals surface area contributed by atoms with Crippen LogP contribution in [-0.4, -0.2) is 62.1 Å². The highest BCUT2D eigenvalue weighted by Crippen LogP contribution is 2.47. The number of hydrogen-bond acceptors (Lipinski definition) is 4. The summed E-state index contributed by atoms with van der Waals surface area (Å²) in [4.78, 5) is 28.6. The molecule has 8 heteroatoms. The monoisotopic (exact) mass is 444 g/mol. The number of rotatable bonds is 8. The fraction of sp³-hybridized carbons (Fsp3) is 0.522. The predicted octanol–water partition coefficient (Wildman–Crippen LogP) is 3.84. The van der Waals surface area contributed by atoms with Crippen molar-refractivity contribution in [3.8, 4) is 11.3 Å². The lowest BCUT2D eigenvalue weighted by molar-refractivity contribution is -0.142. The molecule has 3 heterocycles. The largest absolute Gasteiger partial charge is 0.344 e. The van der Waals surface area contributed by atoms with Gasteiger partial charge in [-0.2, -0.15) is 5.10 Å². The van der Waals surface area contributed by atoms with E-state index in [1.165, 1.54) is 12.1 Å². The fourth-order valence-electron chi connectivity index (χ4n) is 4.49. The van der Waals surface area contributed by atoms with Crippen molar-refractivity contribution >= 4 is 23.6 Å². The Hall–Kier alpha value is -2.35. The number of aryl methyl sites for hydroxylation is 1. The van der Waals surface area contributed by atoms with Crippen LogP contribution in [0.4, 0.5) is 4.39 Å². The fourth-order valence-corrected chi connectivity index (χ4v) is 5.92. The Morgan fingerprint density at radius 2 is 2.19 bits per heavy atom. The van der Waals surface area contributed by atoms with Crippen LogP contribution in [0.3, 0.4) is 0 Å². The van der Waals surface area contributed by atoms with Crippen LogP contribution < -0.4 is 0 Å². The summed E-state index contributed by atoms with van der Waals surface area (Å²) >= 11 is 1.73. The second kappa shape index (κ2) is 9.02. The molecule has 2 saturated heterocycles. The van der Waals surface area contributed by atoms with Crippen molar-refractivity contribution in [3.05, 3.63) is 41.8 Å². The molecule has 0 spiro atoms. The number of unbranched alkanes of at least 4 members (excludes halogenated alkanes) is 2. The maximum atomic E-state index is 13.4. The lowest BCUT2D eigenvalue weighted by atomic mass is 10.1. The van der Waals surface area contributed by atoms with Crippen LogP contribution in [-0.2, 0) is 16.0 Å². The van der Waals surface area contributed by atoms with Crippen molar-refractivity contribution in [2.24, 2.45) is 0 Å². The molecule has 2 atom stereocenters. The van der Waals surface area contributed by atoms with Gasteiger partial charge in [-0.15, -0.1) is 11.8 Å². The molecular weight excluding hydrogens is 415 g/mol. The number of nitrogens with one attached hydrogen (secondary N) is 1. The minimum atomic E-state index is -0.318. The van der Waals surface area contributed by atoms with Crippen molar-refractivity contribution in [2.75, 3.05) is 19.3 Å². The van der Waals surface area contributed by atoms with E-state index in [-0.39, 0.29) is 28.5 Å². The van der Waals surface area contributed by atoms with Gasteiger partial charge in [0.15, 0.2) is 0 Å². The van der Waals surface area contributed by atoms with E-state index in [2.05, 4.69) is 17.1 Å². The van der Waals surface area contributed by atoms with Crippen molar-refractivity contribution in [1.29, 1.82) is 0 Å². The Morgan fingerprint density at radius 3 is 3.00 bits per heavy atom. The third-order valence-corrected chi connectivity index (χ3v) is 7.80. The van der Waals surface area contributed by atoms with Gasteiger partial charge in [-0.3, -0.25) is 14.7 Å². The molecule has 2 amide bonds. The van der Waals surface area contributed by atoms with Crippen molar-refractivity contribution in [1.82, 2.24) is 20.0 Å². The van der Waals surface area contributed by atoms with E-state index in [1.807, 2.05) is 24.1 Å². The zero-order chi connectivity index (χ0) is 22.0. The van der Waals surface area contributed by atoms with E-state index >= 15 is 0 Å². The Kier molecular flexibility index (Phi) is 6.36. The van der Waals surface area contributed by atoms with Gasteiger partial charge in [-0.05, 0) is 50.8 Å². The quantitative estimate of drug-likeness (QED) is 0.628. The first kappa shape index (κ1) is 21.9. The summed E-state index contributed by atoms with van der Waals surface area (Å²) in [6.07, 6.45) is 5.13. The smallest absolute Gasteiger partial charge is 0.246 e. The first-order valence-corrected chi connectivity index (χ1v) is 11.9. The molecule has 2 fully saturated rings. The van der Waals surface area contributed by atoms with Crippen molar-refractivity contribution < 1.29 is 14.0 Å². The Labute approximate surface area is 186 Å². The number of H-pyrrole nitrogens is 1. The van der Waals surface area contributed by atoms with Crippen LogP contribution in [0.15, 0.2) is 30.3 Å². The molecule has 1 N–H and O–H groups in total. The number of likely N-dealkylation sites (N-methyl/N-ethyl adjacent to an activating group) is 1. The highest BCUT2D eigenvalue weighted by atomic mass is 32.2. The number of thioether (sulfide) groups is 1. The molecule has 31 heavy (non-hydrogen) atoms. The molecule has 0 radical (unpaired) electrons. The van der Waals surface area contributed by atoms with Gasteiger partial charge in [0, 0.05) is 37.0 Å². The number of carbonyl (C=O) groups is 2. The summed E-state index contributed by atoms with van der Waals surface area (Å²) in [6, 6.07) is 8.07. The number of carbonyl (C=O) groups excluding carboxylic acids is 2. The number of aromatic nitrogens is 2. The van der Waals surface area contributed by atoms with Gasteiger partial charge in [-0.25, -0.2) is 4.39 Å². The minimum absolute atomic E-state index is 0.0554. The zero-order valence-corrected chi connectivity index (χ0v) is 18.9. The van der Waals surface area contributed by atoms with E-state index < -0.39 is 0 Å². The predicted molar refractivity (Wildman–Crippen MR) is 120 cm³/mol. The molecule has 166 valence electrons. The number of amides is 2. The van der Waals surface area contributed by atoms with Crippen molar-refractivity contribution in [2.45, 2.75) is 56.4 Å². The van der Waals surface area contributed by atoms with E-state index in [1.54, 1.807) is 22.7 Å². The lowest BCUT2D eigenvalue weighted by Gasteiger charge is -2.31. The van der Waals surface area contributed by atoms with Gasteiger partial charge in [0.25, 0.3) is 0 Å². The minimum Gasteiger partial charge on any atom is -0.344 e. The topological polar surface area (TPSA) is 69.3 Å². The molecule has 6 nitrogen and oxygen atoms in total. The molecule has 0 aliphatic carbocycles. The summed E-state index contributed by atoms with van der Waals surface area (Å²) in [7, 11) is 1.84. The number of nitrogens with zero attached hydrogens (tertiary/aromatic N) is 3. The van der Waals surface area contributed by atoms with Crippen LogP contribution in [0.2, 0.25) is 0 Å².